The van der Waals surface area contributed by atoms with Crippen LogP contribution in [0.15, 0.2) is 0 Å². The van der Waals surface area contributed by atoms with Crippen molar-refractivity contribution in [2.45, 2.75) is 97.6 Å². The Morgan fingerprint density at radius 2 is 1.33 bits per heavy atom. The van der Waals surface area contributed by atoms with Crippen molar-refractivity contribution in [2.24, 2.45) is 5.92 Å². The van der Waals surface area contributed by atoms with Gasteiger partial charge in [-0.3, -0.25) is 6.67 Å². The molecule has 0 bridgehead atoms. The van der Waals surface area contributed by atoms with Gasteiger partial charge in [-0.05, 0) is 12.3 Å². The van der Waals surface area contributed by atoms with E-state index in [1.54, 1.807) is 7.11 Å². The molecule has 0 N–H and O–H groups in total. The Labute approximate surface area is 181 Å². The predicted octanol–water partition coefficient (Wildman–Crippen LogP) is 6.73. The van der Waals surface area contributed by atoms with Crippen LogP contribution in [0, 0.1) is 48.9 Å². The smallest absolute Gasteiger partial charge is 0.676 e. The van der Waals surface area contributed by atoms with Crippen LogP contribution < -0.4 is 0 Å². The SMILES string of the molecule is CC(C)(C)[N-]C[N-]C(C)(C)C.COCCCCC1CCCC1.[CH3-].[La+3]. The number of nitrogens with zero attached hydrogens (tertiary/aromatic N) is 2. The van der Waals surface area contributed by atoms with E-state index in [9.17, 15) is 0 Å². The molecule has 1 rings (SSSR count). The van der Waals surface area contributed by atoms with Crippen LogP contribution in [0.4, 0.5) is 0 Å². The summed E-state index contributed by atoms with van der Waals surface area (Å²) in [6.45, 7) is 14.1. The van der Waals surface area contributed by atoms with E-state index in [2.05, 4.69) is 52.2 Å². The number of ether oxygens (including phenoxy) is 1. The molecule has 0 radical (unpaired) electrons. The number of hydrogen-bond donors (Lipinski definition) is 0. The first-order chi connectivity index (χ1) is 10.1. The summed E-state index contributed by atoms with van der Waals surface area (Å²) in [7, 11) is 1.79. The first kappa shape index (κ1) is 29.8. The van der Waals surface area contributed by atoms with Crippen LogP contribution in [0.3, 0.4) is 0 Å². The van der Waals surface area contributed by atoms with E-state index >= 15 is 0 Å². The first-order valence-electron chi connectivity index (χ1n) is 9.00. The van der Waals surface area contributed by atoms with Crippen LogP contribution in [0.5, 0.6) is 0 Å². The summed E-state index contributed by atoms with van der Waals surface area (Å²) in [6.07, 6.45) is 10.0. The molecule has 1 saturated carbocycles. The maximum Gasteiger partial charge on any atom is 3.00 e. The average molecular weight is 466 g/mol. The van der Waals surface area contributed by atoms with Crippen molar-refractivity contribution in [3.8, 4) is 0 Å². The van der Waals surface area contributed by atoms with E-state index in [0.717, 1.165) is 12.5 Å². The molecule has 3 nitrogen and oxygen atoms in total. The summed E-state index contributed by atoms with van der Waals surface area (Å²) in [5, 5.41) is 8.75. The standard InChI is InChI=1S/C10H20O.C9H20N2.CH3.La/c1-11-9-5-4-8-10-6-2-3-7-10;1-8(2,3)10-7-11-9(4,5)6;;/h10H,2-9H2,1H3;7H2,1-6H3;1H3;/q;-2;-1;+3. The molecule has 0 heterocycles. The maximum absolute atomic E-state index is 5.01. The summed E-state index contributed by atoms with van der Waals surface area (Å²) in [6, 6.07) is 0. The van der Waals surface area contributed by atoms with Gasteiger partial charge in [0, 0.05) is 13.7 Å². The van der Waals surface area contributed by atoms with Crippen LogP contribution in [0.2, 0.25) is 0 Å². The van der Waals surface area contributed by atoms with Crippen LogP contribution in [-0.2, 0) is 4.74 Å². The third-order valence-electron chi connectivity index (χ3n) is 3.78. The van der Waals surface area contributed by atoms with Crippen molar-refractivity contribution in [3.63, 3.8) is 0 Å². The van der Waals surface area contributed by atoms with Crippen LogP contribution >= 0.6 is 0 Å². The molecule has 0 atom stereocenters. The molecular weight excluding hydrogens is 423 g/mol. The summed E-state index contributed by atoms with van der Waals surface area (Å²) in [4.78, 5) is 0. The van der Waals surface area contributed by atoms with Gasteiger partial charge in [-0.2, -0.15) is 0 Å². The molecule has 4 heteroatoms. The Bertz CT molecular complexity index is 239. The number of rotatable bonds is 7. The van der Waals surface area contributed by atoms with Crippen molar-refractivity contribution < 1.29 is 40.3 Å². The molecule has 1 aliphatic carbocycles. The fourth-order valence-electron chi connectivity index (χ4n) is 2.44. The van der Waals surface area contributed by atoms with Gasteiger partial charge < -0.3 is 22.8 Å². The van der Waals surface area contributed by atoms with Crippen LogP contribution in [0.1, 0.15) is 86.5 Å². The minimum absolute atomic E-state index is 0. The topological polar surface area (TPSA) is 37.4 Å². The Hall–Kier alpha value is 1.07. The molecule has 0 unspecified atom stereocenters. The fraction of sp³-hybridized carbons (Fsp3) is 0.950. The van der Waals surface area contributed by atoms with E-state index in [1.165, 1.54) is 44.9 Å². The van der Waals surface area contributed by atoms with E-state index in [4.69, 9.17) is 4.74 Å². The molecular formula is C20H43LaN2O. The van der Waals surface area contributed by atoms with Crippen molar-refractivity contribution in [1.82, 2.24) is 0 Å². The molecule has 0 aromatic heterocycles. The second-order valence-corrected chi connectivity index (χ2v) is 8.44. The summed E-state index contributed by atoms with van der Waals surface area (Å²) >= 11 is 0. The van der Waals surface area contributed by atoms with Gasteiger partial charge in [-0.1, -0.05) is 80.1 Å². The van der Waals surface area contributed by atoms with Gasteiger partial charge in [0.05, 0.1) is 0 Å². The molecule has 24 heavy (non-hydrogen) atoms. The van der Waals surface area contributed by atoms with Gasteiger partial charge in [0.1, 0.15) is 0 Å². The van der Waals surface area contributed by atoms with Gasteiger partial charge in [-0.25, -0.2) is 0 Å². The average Bonchev–Trinajstić information content (AvgIpc) is 2.85. The molecule has 0 aromatic carbocycles. The Morgan fingerprint density at radius 3 is 1.71 bits per heavy atom. The Balaban J connectivity index is -0.000000339. The zero-order valence-electron chi connectivity index (χ0n) is 17.8. The summed E-state index contributed by atoms with van der Waals surface area (Å²) in [5.74, 6) is 1.06. The number of methoxy groups -OCH3 is 1. The normalized spacial score (nSPS) is 15.1. The van der Waals surface area contributed by atoms with Crippen molar-refractivity contribution in [2.75, 3.05) is 20.4 Å². The molecule has 0 aliphatic heterocycles. The third-order valence-corrected chi connectivity index (χ3v) is 3.78. The minimum Gasteiger partial charge on any atom is -0.676 e. The third kappa shape index (κ3) is 23.1. The van der Waals surface area contributed by atoms with Gasteiger partial charge >= 0.3 is 35.6 Å². The van der Waals surface area contributed by atoms with Gasteiger partial charge in [0.2, 0.25) is 0 Å². The molecule has 0 amide bonds. The molecule has 0 saturated heterocycles. The largest absolute Gasteiger partial charge is 3.00 e. The van der Waals surface area contributed by atoms with E-state index in [-0.39, 0.29) is 54.1 Å². The Kier molecular flexibility index (Phi) is 20.2. The quantitative estimate of drug-likeness (QED) is 0.303. The van der Waals surface area contributed by atoms with Crippen LogP contribution in [0.25, 0.3) is 10.6 Å². The van der Waals surface area contributed by atoms with Gasteiger partial charge in [0.15, 0.2) is 0 Å². The zero-order valence-corrected chi connectivity index (χ0v) is 21.4. The molecule has 1 fully saturated rings. The second kappa shape index (κ2) is 16.3. The molecule has 1 aliphatic rings. The monoisotopic (exact) mass is 466 g/mol. The first-order valence-corrected chi connectivity index (χ1v) is 9.00. The van der Waals surface area contributed by atoms with Crippen molar-refractivity contribution in [1.29, 1.82) is 0 Å². The van der Waals surface area contributed by atoms with Crippen molar-refractivity contribution in [3.05, 3.63) is 18.1 Å². The Morgan fingerprint density at radius 1 is 0.875 bits per heavy atom. The van der Waals surface area contributed by atoms with E-state index < -0.39 is 0 Å². The van der Waals surface area contributed by atoms with Crippen molar-refractivity contribution >= 4 is 0 Å². The second-order valence-electron chi connectivity index (χ2n) is 8.44. The molecule has 0 spiro atoms. The zero-order chi connectivity index (χ0) is 17.1. The maximum atomic E-state index is 5.01. The predicted molar refractivity (Wildman–Crippen MR) is 105 cm³/mol. The molecule has 142 valence electrons. The van der Waals surface area contributed by atoms with Crippen LogP contribution in [-0.4, -0.2) is 31.5 Å². The van der Waals surface area contributed by atoms with Gasteiger partial charge in [0.25, 0.3) is 0 Å². The molecule has 0 aromatic rings. The fourth-order valence-corrected chi connectivity index (χ4v) is 2.44. The summed E-state index contributed by atoms with van der Waals surface area (Å²) < 4.78 is 5.01. The van der Waals surface area contributed by atoms with E-state index in [0.29, 0.717) is 6.67 Å². The van der Waals surface area contributed by atoms with Gasteiger partial charge in [-0.15, -0.1) is 11.1 Å². The van der Waals surface area contributed by atoms with E-state index in [1.807, 2.05) is 0 Å². The number of hydrogen-bond acceptors (Lipinski definition) is 1. The minimum atomic E-state index is 0. The number of unbranched alkanes of at least 4 members (excludes halogenated alkanes) is 1. The summed E-state index contributed by atoms with van der Waals surface area (Å²) in [5.41, 5.74) is 0.101.